The number of likely N-dealkylation sites (tertiary alicyclic amines) is 1. The van der Waals surface area contributed by atoms with E-state index in [1.165, 1.54) is 23.2 Å². The molecule has 1 fully saturated rings. The fourth-order valence-corrected chi connectivity index (χ4v) is 5.00. The van der Waals surface area contributed by atoms with Gasteiger partial charge in [0.2, 0.25) is 0 Å². The molecular formula is C30H29F4N5O4. The highest BCUT2D eigenvalue weighted by Crippen LogP contribution is 2.37. The summed E-state index contributed by atoms with van der Waals surface area (Å²) in [4.78, 5) is 43.0. The number of nitrogens with one attached hydrogen (secondary N) is 2. The van der Waals surface area contributed by atoms with E-state index in [1.807, 2.05) is 19.9 Å². The van der Waals surface area contributed by atoms with E-state index in [0.29, 0.717) is 11.1 Å². The molecule has 0 unspecified atom stereocenters. The van der Waals surface area contributed by atoms with Crippen LogP contribution in [0.15, 0.2) is 53.5 Å². The number of carbonyl (C=O) groups excluding carboxylic acids is 2. The van der Waals surface area contributed by atoms with Crippen LogP contribution in [0.3, 0.4) is 0 Å². The lowest BCUT2D eigenvalue weighted by atomic mass is 9.82. The van der Waals surface area contributed by atoms with E-state index in [1.54, 1.807) is 32.9 Å². The monoisotopic (exact) mass is 599 g/mol. The van der Waals surface area contributed by atoms with Gasteiger partial charge in [-0.15, -0.1) is 0 Å². The van der Waals surface area contributed by atoms with Crippen molar-refractivity contribution >= 4 is 17.5 Å². The van der Waals surface area contributed by atoms with Crippen LogP contribution < -0.4 is 10.9 Å². The Labute approximate surface area is 243 Å². The number of benzene rings is 2. The third kappa shape index (κ3) is 5.71. The number of aryl methyl sites for hydroxylation is 2. The van der Waals surface area contributed by atoms with Crippen molar-refractivity contribution in [2.45, 2.75) is 51.9 Å². The van der Waals surface area contributed by atoms with Crippen molar-refractivity contribution in [1.29, 1.82) is 0 Å². The lowest BCUT2D eigenvalue weighted by Crippen LogP contribution is -2.69. The minimum Gasteiger partial charge on any atom is -0.444 e. The number of aromatic amines is 1. The van der Waals surface area contributed by atoms with Crippen LogP contribution in [0.5, 0.6) is 0 Å². The first-order chi connectivity index (χ1) is 20.0. The number of aromatic nitrogens is 3. The predicted octanol–water partition coefficient (Wildman–Crippen LogP) is 5.34. The molecule has 0 saturated carbocycles. The topological polar surface area (TPSA) is 109 Å². The standard InChI is InChI=1S/C30H29F4N5O4/c1-16-6-7-18(12-17(16)2)21-13-39-24(26(41)35-21)22(30(32,33)34)23(37-39)25(40)36-29(19-8-10-20(31)11-9-19)14-38(15-29)27(42)43-28(3,4)5/h6-13H,14-15H2,1-5H3,(H,35,41)(H,36,40). The van der Waals surface area contributed by atoms with Gasteiger partial charge in [-0.05, 0) is 75.1 Å². The average Bonchev–Trinajstić information content (AvgIpc) is 3.28. The van der Waals surface area contributed by atoms with Crippen LogP contribution >= 0.6 is 0 Å². The number of hydrogen-bond acceptors (Lipinski definition) is 5. The molecule has 13 heteroatoms. The molecule has 9 nitrogen and oxygen atoms in total. The molecule has 0 spiro atoms. The van der Waals surface area contributed by atoms with Crippen molar-refractivity contribution in [3.63, 3.8) is 0 Å². The minimum absolute atomic E-state index is 0.161. The Morgan fingerprint density at radius 3 is 2.26 bits per heavy atom. The van der Waals surface area contributed by atoms with Crippen molar-refractivity contribution in [2.24, 2.45) is 0 Å². The van der Waals surface area contributed by atoms with Gasteiger partial charge >= 0.3 is 12.3 Å². The van der Waals surface area contributed by atoms with E-state index in [0.717, 1.165) is 27.8 Å². The van der Waals surface area contributed by atoms with E-state index in [9.17, 15) is 31.9 Å². The quantitative estimate of drug-likeness (QED) is 0.308. The molecular weight excluding hydrogens is 570 g/mol. The Morgan fingerprint density at radius 1 is 1.02 bits per heavy atom. The first-order valence-electron chi connectivity index (χ1n) is 13.3. The Bertz CT molecular complexity index is 1800. The van der Waals surface area contributed by atoms with Gasteiger partial charge in [-0.25, -0.2) is 13.7 Å². The lowest BCUT2D eigenvalue weighted by molar-refractivity contribution is -0.136. The first kappa shape index (κ1) is 29.8. The molecule has 43 heavy (non-hydrogen) atoms. The van der Waals surface area contributed by atoms with Gasteiger partial charge in [0.1, 0.15) is 28.0 Å². The van der Waals surface area contributed by atoms with E-state index >= 15 is 0 Å². The molecule has 2 N–H and O–H groups in total. The Hall–Kier alpha value is -4.68. The maximum absolute atomic E-state index is 14.4. The van der Waals surface area contributed by atoms with Crippen molar-refractivity contribution < 1.29 is 31.9 Å². The smallest absolute Gasteiger partial charge is 0.421 e. The molecule has 2 aromatic carbocycles. The van der Waals surface area contributed by atoms with Crippen LogP contribution in [-0.4, -0.2) is 50.2 Å². The average molecular weight is 600 g/mol. The number of rotatable bonds is 4. The third-order valence-corrected chi connectivity index (χ3v) is 7.26. The summed E-state index contributed by atoms with van der Waals surface area (Å²) in [6, 6.07) is 10.3. The van der Waals surface area contributed by atoms with E-state index < -0.39 is 57.5 Å². The van der Waals surface area contributed by atoms with Gasteiger partial charge in [0.25, 0.3) is 11.5 Å². The number of carbonyl (C=O) groups is 2. The minimum atomic E-state index is -5.12. The van der Waals surface area contributed by atoms with Crippen LogP contribution in [0.4, 0.5) is 22.4 Å². The summed E-state index contributed by atoms with van der Waals surface area (Å²) in [7, 11) is 0. The summed E-state index contributed by atoms with van der Waals surface area (Å²) in [6.45, 7) is 8.46. The van der Waals surface area contributed by atoms with Gasteiger partial charge in [0.15, 0.2) is 5.69 Å². The highest BCUT2D eigenvalue weighted by molar-refractivity contribution is 5.97. The highest BCUT2D eigenvalue weighted by atomic mass is 19.4. The summed E-state index contributed by atoms with van der Waals surface area (Å²) in [5.74, 6) is -1.79. The second kappa shape index (κ2) is 10.2. The van der Waals surface area contributed by atoms with E-state index in [-0.39, 0.29) is 18.8 Å². The fourth-order valence-electron chi connectivity index (χ4n) is 5.00. The number of halogens is 4. The molecule has 2 aromatic heterocycles. The number of fused-ring (bicyclic) bond motifs is 1. The van der Waals surface area contributed by atoms with Gasteiger partial charge in [-0.1, -0.05) is 24.3 Å². The molecule has 0 bridgehead atoms. The van der Waals surface area contributed by atoms with Crippen LogP contribution in [0.25, 0.3) is 16.8 Å². The van der Waals surface area contributed by atoms with Crippen molar-refractivity contribution in [3.8, 4) is 11.3 Å². The van der Waals surface area contributed by atoms with Crippen molar-refractivity contribution in [1.82, 2.24) is 24.8 Å². The third-order valence-electron chi connectivity index (χ3n) is 7.26. The molecule has 3 heterocycles. The number of ether oxygens (including phenoxy) is 1. The number of nitrogens with zero attached hydrogens (tertiary/aromatic N) is 3. The Kier molecular flexibility index (Phi) is 7.10. The summed E-state index contributed by atoms with van der Waals surface area (Å²) < 4.78 is 63.0. The largest absolute Gasteiger partial charge is 0.444 e. The van der Waals surface area contributed by atoms with Gasteiger partial charge in [0, 0.05) is 0 Å². The number of H-pyrrole nitrogens is 1. The molecule has 0 aliphatic carbocycles. The van der Waals surface area contributed by atoms with Crippen molar-refractivity contribution in [3.05, 3.63) is 92.8 Å². The zero-order chi connectivity index (χ0) is 31.5. The molecule has 5 rings (SSSR count). The molecule has 1 aliphatic heterocycles. The van der Waals surface area contributed by atoms with Crippen LogP contribution in [0.1, 0.15) is 53.5 Å². The lowest BCUT2D eigenvalue weighted by Gasteiger charge is -2.50. The molecule has 0 radical (unpaired) electrons. The zero-order valence-electron chi connectivity index (χ0n) is 24.0. The maximum Gasteiger partial charge on any atom is 0.421 e. The van der Waals surface area contributed by atoms with E-state index in [2.05, 4.69) is 15.4 Å². The second-order valence-corrected chi connectivity index (χ2v) is 11.7. The molecule has 4 aromatic rings. The number of hydrogen-bond donors (Lipinski definition) is 2. The molecule has 0 atom stereocenters. The molecule has 2 amide bonds. The van der Waals surface area contributed by atoms with Gasteiger partial charge in [0.05, 0.1) is 25.0 Å². The maximum atomic E-state index is 14.4. The van der Waals surface area contributed by atoms with Crippen LogP contribution in [0, 0.1) is 19.7 Å². The summed E-state index contributed by atoms with van der Waals surface area (Å²) in [5, 5.41) is 6.50. The first-order valence-corrected chi connectivity index (χ1v) is 13.3. The van der Waals surface area contributed by atoms with Gasteiger partial charge in [-0.3, -0.25) is 9.59 Å². The number of amides is 2. The number of alkyl halides is 3. The summed E-state index contributed by atoms with van der Waals surface area (Å²) in [5.41, 5.74) is -3.64. The Morgan fingerprint density at radius 2 is 1.67 bits per heavy atom. The summed E-state index contributed by atoms with van der Waals surface area (Å²) in [6.07, 6.45) is -4.58. The van der Waals surface area contributed by atoms with Gasteiger partial charge in [-0.2, -0.15) is 18.3 Å². The van der Waals surface area contributed by atoms with Crippen LogP contribution in [0.2, 0.25) is 0 Å². The van der Waals surface area contributed by atoms with E-state index in [4.69, 9.17) is 4.74 Å². The normalized spacial score (nSPS) is 14.9. The van der Waals surface area contributed by atoms with Crippen LogP contribution in [-0.2, 0) is 16.5 Å². The predicted molar refractivity (Wildman–Crippen MR) is 149 cm³/mol. The Balaban J connectivity index is 1.56. The second-order valence-electron chi connectivity index (χ2n) is 11.7. The molecule has 1 aliphatic rings. The molecule has 226 valence electrons. The molecule has 1 saturated heterocycles. The fraction of sp³-hybridized carbons (Fsp3) is 0.333. The van der Waals surface area contributed by atoms with Crippen molar-refractivity contribution in [2.75, 3.05) is 13.1 Å². The zero-order valence-corrected chi connectivity index (χ0v) is 24.0. The van der Waals surface area contributed by atoms with Gasteiger partial charge < -0.3 is 19.9 Å². The summed E-state index contributed by atoms with van der Waals surface area (Å²) >= 11 is 0. The highest BCUT2D eigenvalue weighted by Gasteiger charge is 2.50. The SMILES string of the molecule is Cc1ccc(-c2cn3nc(C(=O)NC4(c5ccc(F)cc5)CN(C(=O)OC(C)(C)C)C4)c(C(F)(F)F)c3c(=O)[nH]2)cc1C.